The number of nitrogens with one attached hydrogen (secondary N) is 1. The van der Waals surface area contributed by atoms with Gasteiger partial charge in [-0.05, 0) is 56.3 Å². The van der Waals surface area contributed by atoms with Crippen LogP contribution >= 0.6 is 11.6 Å². The molecule has 0 saturated carbocycles. The molecule has 1 saturated heterocycles. The summed E-state index contributed by atoms with van der Waals surface area (Å²) in [6.07, 6.45) is 0.575. The lowest BCUT2D eigenvalue weighted by Gasteiger charge is -2.50. The highest BCUT2D eigenvalue weighted by molar-refractivity contribution is 6.30. The normalized spacial score (nSPS) is 23.1. The van der Waals surface area contributed by atoms with Crippen LogP contribution in [0.2, 0.25) is 5.02 Å². The average molecular weight is 387 g/mol. The second-order valence-electron chi connectivity index (χ2n) is 6.77. The number of ether oxygens (including phenoxy) is 2. The third kappa shape index (κ3) is 3.00. The number of hydrogen-bond acceptors (Lipinski definition) is 4. The molecule has 6 nitrogen and oxygen atoms in total. The van der Waals surface area contributed by atoms with E-state index in [9.17, 15) is 9.59 Å². The van der Waals surface area contributed by atoms with Gasteiger partial charge in [0.1, 0.15) is 5.75 Å². The third-order valence-electron chi connectivity index (χ3n) is 4.87. The van der Waals surface area contributed by atoms with Crippen molar-refractivity contribution in [2.75, 3.05) is 11.5 Å². The van der Waals surface area contributed by atoms with Crippen LogP contribution in [0.25, 0.3) is 0 Å². The Labute approximate surface area is 162 Å². The summed E-state index contributed by atoms with van der Waals surface area (Å²) in [4.78, 5) is 26.3. The van der Waals surface area contributed by atoms with E-state index in [0.717, 1.165) is 5.56 Å². The molecule has 4 rings (SSSR count). The number of nitrogens with zero attached hydrogens (tertiary/aromatic N) is 1. The second kappa shape index (κ2) is 6.46. The first-order valence-corrected chi connectivity index (χ1v) is 9.15. The van der Waals surface area contributed by atoms with Gasteiger partial charge in [-0.1, -0.05) is 11.6 Å². The number of urea groups is 1. The molecule has 0 aromatic heterocycles. The van der Waals surface area contributed by atoms with Gasteiger partial charge in [0.05, 0.1) is 18.2 Å². The Morgan fingerprint density at radius 2 is 2.07 bits per heavy atom. The Hall–Kier alpha value is -2.73. The molecule has 0 radical (unpaired) electrons. The minimum absolute atomic E-state index is 0.167. The van der Waals surface area contributed by atoms with Gasteiger partial charge in [-0.15, -0.1) is 0 Å². The van der Waals surface area contributed by atoms with Crippen LogP contribution in [0.4, 0.5) is 10.5 Å². The fraction of sp³-hybridized carbons (Fsp3) is 0.300. The number of carbonyl (C=O) groups is 2. The molecule has 2 aliphatic rings. The van der Waals surface area contributed by atoms with E-state index in [1.165, 1.54) is 0 Å². The van der Waals surface area contributed by atoms with Gasteiger partial charge in [0, 0.05) is 22.7 Å². The lowest BCUT2D eigenvalue weighted by Crippen LogP contribution is -2.65. The van der Waals surface area contributed by atoms with Crippen molar-refractivity contribution in [1.82, 2.24) is 5.32 Å². The zero-order chi connectivity index (χ0) is 19.2. The van der Waals surface area contributed by atoms with Crippen molar-refractivity contribution in [1.29, 1.82) is 0 Å². The number of halogens is 1. The number of anilines is 1. The maximum atomic E-state index is 12.8. The van der Waals surface area contributed by atoms with E-state index in [1.807, 2.05) is 19.1 Å². The minimum atomic E-state index is -0.848. The van der Waals surface area contributed by atoms with E-state index in [2.05, 4.69) is 5.32 Å². The molecule has 2 amide bonds. The SMILES string of the molecule is CCOC(=O)c1ccc(N2C(=O)NC3CC2(C)Oc2ccc(Cl)cc23)cc1. The van der Waals surface area contributed by atoms with Crippen LogP contribution in [0.1, 0.15) is 42.2 Å². The number of amides is 2. The van der Waals surface area contributed by atoms with Gasteiger partial charge in [0.15, 0.2) is 5.72 Å². The fourth-order valence-corrected chi connectivity index (χ4v) is 3.88. The third-order valence-corrected chi connectivity index (χ3v) is 5.11. The molecule has 2 aliphatic heterocycles. The molecule has 1 N–H and O–H groups in total. The standard InChI is InChI=1S/C20H19ClN2O4/c1-3-26-18(24)12-4-7-14(8-5-12)23-19(25)22-16-11-20(23,2)27-17-9-6-13(21)10-15(16)17/h4-10,16H,3,11H2,1-2H3,(H,22,25). The van der Waals surface area contributed by atoms with Crippen LogP contribution in [0.3, 0.4) is 0 Å². The number of benzene rings is 2. The summed E-state index contributed by atoms with van der Waals surface area (Å²) in [5.74, 6) is 0.310. The van der Waals surface area contributed by atoms with Gasteiger partial charge < -0.3 is 14.8 Å². The highest BCUT2D eigenvalue weighted by Gasteiger charge is 2.49. The fourth-order valence-electron chi connectivity index (χ4n) is 3.70. The van der Waals surface area contributed by atoms with Crippen LogP contribution in [-0.2, 0) is 4.74 Å². The maximum Gasteiger partial charge on any atom is 0.338 e. The summed E-state index contributed by atoms with van der Waals surface area (Å²) in [5.41, 5.74) is 1.11. The van der Waals surface area contributed by atoms with Gasteiger partial charge in [-0.2, -0.15) is 0 Å². The van der Waals surface area contributed by atoms with Crippen LogP contribution in [0.15, 0.2) is 42.5 Å². The average Bonchev–Trinajstić information content (AvgIpc) is 2.62. The summed E-state index contributed by atoms with van der Waals surface area (Å²) in [6, 6.07) is 11.7. The summed E-state index contributed by atoms with van der Waals surface area (Å²) >= 11 is 6.10. The lowest BCUT2D eigenvalue weighted by molar-refractivity contribution is 0.0379. The first-order chi connectivity index (χ1) is 12.9. The number of esters is 1. The number of carbonyl (C=O) groups excluding carboxylic acids is 2. The van der Waals surface area contributed by atoms with E-state index < -0.39 is 11.7 Å². The first-order valence-electron chi connectivity index (χ1n) is 8.77. The predicted octanol–water partition coefficient (Wildman–Crippen LogP) is 4.29. The van der Waals surface area contributed by atoms with Crippen molar-refractivity contribution in [3.8, 4) is 5.75 Å². The quantitative estimate of drug-likeness (QED) is 0.799. The Kier molecular flexibility index (Phi) is 4.23. The van der Waals surface area contributed by atoms with Crippen molar-refractivity contribution < 1.29 is 19.1 Å². The highest BCUT2D eigenvalue weighted by atomic mass is 35.5. The van der Waals surface area contributed by atoms with Crippen molar-refractivity contribution in [2.24, 2.45) is 0 Å². The Bertz CT molecular complexity index is 915. The van der Waals surface area contributed by atoms with Crippen molar-refractivity contribution in [3.63, 3.8) is 0 Å². The molecular weight excluding hydrogens is 368 g/mol. The topological polar surface area (TPSA) is 67.9 Å². The van der Waals surface area contributed by atoms with Crippen molar-refractivity contribution in [3.05, 3.63) is 58.6 Å². The van der Waals surface area contributed by atoms with Gasteiger partial charge in [-0.25, -0.2) is 9.59 Å². The molecular formula is C20H19ClN2O4. The molecule has 1 fully saturated rings. The molecule has 0 spiro atoms. The molecule has 2 atom stereocenters. The van der Waals surface area contributed by atoms with E-state index in [1.54, 1.807) is 42.2 Å². The minimum Gasteiger partial charge on any atom is -0.467 e. The van der Waals surface area contributed by atoms with Crippen molar-refractivity contribution in [2.45, 2.75) is 32.0 Å². The first kappa shape index (κ1) is 17.7. The van der Waals surface area contributed by atoms with Crippen LogP contribution < -0.4 is 15.0 Å². The molecule has 27 heavy (non-hydrogen) atoms. The zero-order valence-electron chi connectivity index (χ0n) is 15.0. The molecule has 0 aliphatic carbocycles. The van der Waals surface area contributed by atoms with Crippen molar-refractivity contribution >= 4 is 29.3 Å². The molecule has 2 bridgehead atoms. The molecule has 140 valence electrons. The summed E-state index contributed by atoms with van der Waals surface area (Å²) in [7, 11) is 0. The highest BCUT2D eigenvalue weighted by Crippen LogP contribution is 2.46. The number of fused-ring (bicyclic) bond motifs is 4. The van der Waals surface area contributed by atoms with E-state index in [0.29, 0.717) is 35.1 Å². The largest absolute Gasteiger partial charge is 0.467 e. The Morgan fingerprint density at radius 1 is 1.33 bits per heavy atom. The monoisotopic (exact) mass is 386 g/mol. The maximum absolute atomic E-state index is 12.8. The zero-order valence-corrected chi connectivity index (χ0v) is 15.7. The number of rotatable bonds is 3. The van der Waals surface area contributed by atoms with Gasteiger partial charge in [0.25, 0.3) is 0 Å². The second-order valence-corrected chi connectivity index (χ2v) is 7.20. The van der Waals surface area contributed by atoms with E-state index in [4.69, 9.17) is 21.1 Å². The number of hydrogen-bond donors (Lipinski definition) is 1. The predicted molar refractivity (Wildman–Crippen MR) is 101 cm³/mol. The Morgan fingerprint density at radius 3 is 2.78 bits per heavy atom. The van der Waals surface area contributed by atoms with Gasteiger partial charge in [0.2, 0.25) is 0 Å². The van der Waals surface area contributed by atoms with Crippen LogP contribution in [0, 0.1) is 0 Å². The Balaban J connectivity index is 1.67. The molecule has 2 unspecified atom stereocenters. The molecule has 2 aromatic carbocycles. The van der Waals surface area contributed by atoms with E-state index in [-0.39, 0.29) is 12.1 Å². The van der Waals surface area contributed by atoms with Crippen LogP contribution in [-0.4, -0.2) is 24.3 Å². The smallest absolute Gasteiger partial charge is 0.338 e. The summed E-state index contributed by atoms with van der Waals surface area (Å²) in [5, 5.41) is 3.62. The lowest BCUT2D eigenvalue weighted by atomic mass is 9.90. The van der Waals surface area contributed by atoms with Crippen LogP contribution in [0.5, 0.6) is 5.75 Å². The summed E-state index contributed by atoms with van der Waals surface area (Å²) in [6.45, 7) is 3.95. The molecule has 7 heteroatoms. The molecule has 2 aromatic rings. The molecule has 2 heterocycles. The van der Waals surface area contributed by atoms with Gasteiger partial charge >= 0.3 is 12.0 Å². The summed E-state index contributed by atoms with van der Waals surface area (Å²) < 4.78 is 11.2. The van der Waals surface area contributed by atoms with Gasteiger partial charge in [-0.3, -0.25) is 4.90 Å². The van der Waals surface area contributed by atoms with E-state index >= 15 is 0 Å².